The molecule has 0 radical (unpaired) electrons. The molecule has 1 fully saturated rings. The summed E-state index contributed by atoms with van der Waals surface area (Å²) in [5.41, 5.74) is 0.486. The Morgan fingerprint density at radius 2 is 1.83 bits per heavy atom. The van der Waals surface area contributed by atoms with Crippen LogP contribution in [0.4, 0.5) is 0 Å². The molecule has 0 atom stereocenters. The minimum absolute atomic E-state index is 0.0188. The maximum absolute atomic E-state index is 12.9. The Bertz CT molecular complexity index is 1120. The summed E-state index contributed by atoms with van der Waals surface area (Å²) in [5.74, 6) is 0.681. The first-order valence-corrected chi connectivity index (χ1v) is 13.9. The van der Waals surface area contributed by atoms with E-state index < -0.39 is 26.0 Å². The molecule has 1 aliphatic rings. The van der Waals surface area contributed by atoms with Crippen LogP contribution in [-0.2, 0) is 31.4 Å². The van der Waals surface area contributed by atoms with Crippen LogP contribution in [0.3, 0.4) is 0 Å². The molecule has 0 amide bonds. The number of hydrogen-bond acceptors (Lipinski definition) is 8. The van der Waals surface area contributed by atoms with Gasteiger partial charge < -0.3 is 4.74 Å². The van der Waals surface area contributed by atoms with E-state index in [4.69, 9.17) is 4.74 Å². The number of thiophene rings is 1. The summed E-state index contributed by atoms with van der Waals surface area (Å²) < 4.78 is 58.1. The molecule has 8 nitrogen and oxygen atoms in total. The van der Waals surface area contributed by atoms with Crippen LogP contribution in [0.15, 0.2) is 45.5 Å². The van der Waals surface area contributed by atoms with Crippen molar-refractivity contribution in [3.05, 3.63) is 46.2 Å². The first-order chi connectivity index (χ1) is 14.1. The van der Waals surface area contributed by atoms with Crippen LogP contribution < -0.4 is 0 Å². The van der Waals surface area contributed by atoms with Crippen molar-refractivity contribution in [1.82, 2.24) is 8.61 Å². The molecule has 0 saturated carbocycles. The minimum Gasteiger partial charge on any atom is -0.457 e. The van der Waals surface area contributed by atoms with Gasteiger partial charge in [-0.1, -0.05) is 12.1 Å². The molecule has 0 aliphatic carbocycles. The van der Waals surface area contributed by atoms with E-state index in [1.165, 1.54) is 36.6 Å². The largest absolute Gasteiger partial charge is 0.457 e. The van der Waals surface area contributed by atoms with E-state index >= 15 is 0 Å². The van der Waals surface area contributed by atoms with Crippen molar-refractivity contribution < 1.29 is 26.4 Å². The number of rotatable bonds is 7. The van der Waals surface area contributed by atoms with Gasteiger partial charge in [0.05, 0.1) is 4.90 Å². The highest BCUT2D eigenvalue weighted by Gasteiger charge is 2.31. The molecule has 1 saturated heterocycles. The number of ether oxygens (including phenoxy) is 1. The van der Waals surface area contributed by atoms with Gasteiger partial charge in [-0.3, -0.25) is 0 Å². The summed E-state index contributed by atoms with van der Waals surface area (Å²) in [6.45, 7) is 0.641. The van der Waals surface area contributed by atoms with Gasteiger partial charge in [-0.25, -0.2) is 25.9 Å². The monoisotopic (exact) mass is 490 g/mol. The first kappa shape index (κ1) is 23.2. The number of thioether (sulfide) groups is 1. The topological polar surface area (TPSA) is 101 Å². The van der Waals surface area contributed by atoms with Crippen molar-refractivity contribution in [2.24, 2.45) is 0 Å². The number of esters is 1. The van der Waals surface area contributed by atoms with Crippen molar-refractivity contribution >= 4 is 49.1 Å². The number of carbonyl (C=O) groups excluding carboxylic acids is 1. The van der Waals surface area contributed by atoms with Crippen LogP contribution in [0.25, 0.3) is 0 Å². The van der Waals surface area contributed by atoms with E-state index in [0.29, 0.717) is 18.7 Å². The third-order valence-corrected chi connectivity index (χ3v) is 10.2. The van der Waals surface area contributed by atoms with Crippen LogP contribution in [0.5, 0.6) is 0 Å². The van der Waals surface area contributed by atoms with Gasteiger partial charge in [0.25, 0.3) is 0 Å². The smallest absolute Gasteiger partial charge is 0.350 e. The Morgan fingerprint density at radius 3 is 2.50 bits per heavy atom. The molecule has 1 aliphatic heterocycles. The Morgan fingerprint density at radius 1 is 1.13 bits per heavy atom. The third-order valence-electron chi connectivity index (χ3n) is 4.45. The zero-order chi connectivity index (χ0) is 21.9. The summed E-state index contributed by atoms with van der Waals surface area (Å²) in [6, 6.07) is 7.51. The summed E-state index contributed by atoms with van der Waals surface area (Å²) in [6.07, 6.45) is 0. The second-order valence-corrected chi connectivity index (χ2v) is 12.8. The van der Waals surface area contributed by atoms with Crippen LogP contribution in [-0.4, -0.2) is 70.1 Å². The highest BCUT2D eigenvalue weighted by atomic mass is 32.2. The van der Waals surface area contributed by atoms with Gasteiger partial charge in [0.2, 0.25) is 20.0 Å². The fourth-order valence-electron chi connectivity index (χ4n) is 2.80. The van der Waals surface area contributed by atoms with Crippen molar-refractivity contribution in [3.8, 4) is 0 Å². The quantitative estimate of drug-likeness (QED) is 0.548. The van der Waals surface area contributed by atoms with Crippen molar-refractivity contribution in [1.29, 1.82) is 0 Å². The average molecular weight is 491 g/mol. The molecule has 0 N–H and O–H groups in total. The van der Waals surface area contributed by atoms with Crippen LogP contribution in [0.1, 0.15) is 15.2 Å². The molecule has 1 aromatic carbocycles. The van der Waals surface area contributed by atoms with Crippen LogP contribution >= 0.6 is 23.1 Å². The summed E-state index contributed by atoms with van der Waals surface area (Å²) in [5, 5.41) is 1.55. The van der Waals surface area contributed by atoms with Gasteiger partial charge in [0.15, 0.2) is 0 Å². The van der Waals surface area contributed by atoms with Gasteiger partial charge >= 0.3 is 5.97 Å². The van der Waals surface area contributed by atoms with Crippen LogP contribution in [0.2, 0.25) is 0 Å². The molecule has 30 heavy (non-hydrogen) atoms. The number of sulfonamides is 2. The normalized spacial score (nSPS) is 16.0. The number of nitrogens with zero attached hydrogens (tertiary/aromatic N) is 2. The fourth-order valence-corrected chi connectivity index (χ4v) is 7.63. The Kier molecular flexibility index (Phi) is 7.25. The van der Waals surface area contributed by atoms with E-state index in [9.17, 15) is 21.6 Å². The molecule has 0 spiro atoms. The van der Waals surface area contributed by atoms with E-state index in [1.807, 2.05) is 0 Å². The second kappa shape index (κ2) is 9.37. The predicted molar refractivity (Wildman–Crippen MR) is 117 cm³/mol. The number of benzene rings is 1. The minimum atomic E-state index is -3.77. The summed E-state index contributed by atoms with van der Waals surface area (Å²) in [4.78, 5) is 12.7. The van der Waals surface area contributed by atoms with Crippen molar-refractivity contribution in [3.63, 3.8) is 0 Å². The lowest BCUT2D eigenvalue weighted by Crippen LogP contribution is -2.38. The van der Waals surface area contributed by atoms with Crippen molar-refractivity contribution in [2.75, 3.05) is 38.7 Å². The molecule has 2 aromatic rings. The molecule has 2 heterocycles. The molecule has 164 valence electrons. The van der Waals surface area contributed by atoms with Crippen molar-refractivity contribution in [2.45, 2.75) is 16.4 Å². The lowest BCUT2D eigenvalue weighted by Gasteiger charge is -2.25. The average Bonchev–Trinajstić information content (AvgIpc) is 3.24. The Balaban J connectivity index is 1.75. The zero-order valence-corrected chi connectivity index (χ0v) is 19.7. The standard InChI is InChI=1S/C18H22N2O6S4/c1-19(2)29(22,23)15-5-3-4-14(12-15)13-26-18(21)17-16(6-9-28-17)30(24,25)20-7-10-27-11-8-20/h3-6,9,12H,7-8,10-11,13H2,1-2H3. The van der Waals surface area contributed by atoms with E-state index in [1.54, 1.807) is 29.3 Å². The van der Waals surface area contributed by atoms with E-state index in [-0.39, 0.29) is 21.3 Å². The highest BCUT2D eigenvalue weighted by Crippen LogP contribution is 2.28. The summed E-state index contributed by atoms with van der Waals surface area (Å²) in [7, 11) is -4.51. The van der Waals surface area contributed by atoms with E-state index in [0.717, 1.165) is 27.1 Å². The van der Waals surface area contributed by atoms with Gasteiger partial charge in [-0.05, 0) is 29.1 Å². The van der Waals surface area contributed by atoms with Gasteiger partial charge in [-0.2, -0.15) is 16.1 Å². The molecule has 0 bridgehead atoms. The maximum Gasteiger partial charge on any atom is 0.350 e. The molecule has 12 heteroatoms. The molecule has 3 rings (SSSR count). The number of hydrogen-bond donors (Lipinski definition) is 0. The Hall–Kier alpha value is -1.44. The summed E-state index contributed by atoms with van der Waals surface area (Å²) >= 11 is 2.70. The van der Waals surface area contributed by atoms with Gasteiger partial charge in [0.1, 0.15) is 16.4 Å². The zero-order valence-electron chi connectivity index (χ0n) is 16.5. The second-order valence-electron chi connectivity index (χ2n) is 6.64. The fraction of sp³-hybridized carbons (Fsp3) is 0.389. The molecular weight excluding hydrogens is 468 g/mol. The molecule has 1 aromatic heterocycles. The molecular formula is C18H22N2O6S4. The highest BCUT2D eigenvalue weighted by molar-refractivity contribution is 7.99. The maximum atomic E-state index is 12.9. The third kappa shape index (κ3) is 4.89. The number of carbonyl (C=O) groups is 1. The van der Waals surface area contributed by atoms with E-state index in [2.05, 4.69) is 0 Å². The lowest BCUT2D eigenvalue weighted by molar-refractivity contribution is 0.0474. The van der Waals surface area contributed by atoms with Crippen LogP contribution in [0, 0.1) is 0 Å². The van der Waals surface area contributed by atoms with Gasteiger partial charge in [0, 0.05) is 38.7 Å². The Labute approximate surface area is 184 Å². The predicted octanol–water partition coefficient (Wildman–Crippen LogP) is 2.09. The first-order valence-electron chi connectivity index (χ1n) is 8.98. The lowest BCUT2D eigenvalue weighted by atomic mass is 10.2. The van der Waals surface area contributed by atoms with Gasteiger partial charge in [-0.15, -0.1) is 11.3 Å². The SMILES string of the molecule is CN(C)S(=O)(=O)c1cccc(COC(=O)c2sccc2S(=O)(=O)N2CCSCC2)c1. The molecule has 0 unspecified atom stereocenters.